The first-order valence-corrected chi connectivity index (χ1v) is 7.93. The average Bonchev–Trinajstić information content (AvgIpc) is 2.85. The number of para-hydroxylation sites is 1. The lowest BCUT2D eigenvalue weighted by Crippen LogP contribution is -2.31. The Morgan fingerprint density at radius 1 is 0.958 bits per heavy atom. The zero-order chi connectivity index (χ0) is 17.4. The molecule has 2 N–H and O–H groups in total. The topological polar surface area (TPSA) is 80.5 Å². The summed E-state index contributed by atoms with van der Waals surface area (Å²) in [5.74, 6) is -1.61. The zero-order valence-electron chi connectivity index (χ0n) is 13.6. The third kappa shape index (κ3) is 2.21. The number of nitrogens with zero attached hydrogens (tertiary/aromatic N) is 1. The van der Waals surface area contributed by atoms with Crippen LogP contribution in [0.5, 0.6) is 0 Å². The highest BCUT2D eigenvalue weighted by Crippen LogP contribution is 2.35. The minimum atomic E-state index is -0.714. The molecule has 0 radical (unpaired) electrons. The molecular formula is C19H18N2O3. The summed E-state index contributed by atoms with van der Waals surface area (Å²) in [5.41, 5.74) is 8.25. The largest absolute Gasteiger partial charge is 0.366 e. The number of primary amides is 1. The molecule has 3 amide bonds. The number of benzene rings is 2. The fourth-order valence-corrected chi connectivity index (χ4v) is 3.20. The summed E-state index contributed by atoms with van der Waals surface area (Å²) in [6.07, 6.45) is 1.39. The number of imide groups is 1. The van der Waals surface area contributed by atoms with Crippen LogP contribution >= 0.6 is 0 Å². The van der Waals surface area contributed by atoms with Gasteiger partial charge in [0.1, 0.15) is 0 Å². The van der Waals surface area contributed by atoms with Crippen molar-refractivity contribution >= 4 is 23.4 Å². The smallest absolute Gasteiger partial charge is 0.266 e. The van der Waals surface area contributed by atoms with Crippen LogP contribution in [0.1, 0.15) is 56.0 Å². The molecule has 0 aromatic heterocycles. The Morgan fingerprint density at radius 2 is 1.54 bits per heavy atom. The van der Waals surface area contributed by atoms with Crippen LogP contribution in [-0.4, -0.2) is 17.7 Å². The van der Waals surface area contributed by atoms with Crippen LogP contribution in [0.4, 0.5) is 5.69 Å². The second kappa shape index (κ2) is 5.92. The quantitative estimate of drug-likeness (QED) is 0.879. The number of fused-ring (bicyclic) bond motifs is 1. The summed E-state index contributed by atoms with van der Waals surface area (Å²) in [6, 6.07) is 10.3. The number of carbonyl (C=O) groups excluding carboxylic acids is 3. The highest BCUT2D eigenvalue weighted by atomic mass is 16.2. The van der Waals surface area contributed by atoms with Gasteiger partial charge in [0.25, 0.3) is 11.8 Å². The average molecular weight is 322 g/mol. The van der Waals surface area contributed by atoms with E-state index in [1.807, 2.05) is 32.0 Å². The Balaban J connectivity index is 2.24. The Bertz CT molecular complexity index is 849. The zero-order valence-corrected chi connectivity index (χ0v) is 13.6. The van der Waals surface area contributed by atoms with E-state index < -0.39 is 17.7 Å². The minimum absolute atomic E-state index is 0.0837. The Morgan fingerprint density at radius 3 is 2.08 bits per heavy atom. The molecular weight excluding hydrogens is 304 g/mol. The van der Waals surface area contributed by atoms with Crippen molar-refractivity contribution in [1.82, 2.24) is 0 Å². The fraction of sp³-hybridized carbons (Fsp3) is 0.211. The maximum atomic E-state index is 13.0. The third-order valence-electron chi connectivity index (χ3n) is 4.37. The van der Waals surface area contributed by atoms with E-state index in [4.69, 9.17) is 5.73 Å². The Labute approximate surface area is 140 Å². The molecule has 0 saturated heterocycles. The van der Waals surface area contributed by atoms with E-state index in [9.17, 15) is 14.4 Å². The van der Waals surface area contributed by atoms with Crippen molar-refractivity contribution in [2.75, 3.05) is 4.90 Å². The molecule has 1 aliphatic rings. The predicted octanol–water partition coefficient (Wildman–Crippen LogP) is 2.71. The SMILES string of the molecule is CCc1cccc(CC)c1N1C(=O)c2cccc(C(N)=O)c2C1=O. The van der Waals surface area contributed by atoms with Crippen molar-refractivity contribution in [2.24, 2.45) is 5.73 Å². The summed E-state index contributed by atoms with van der Waals surface area (Å²) in [4.78, 5) is 38.7. The summed E-state index contributed by atoms with van der Waals surface area (Å²) < 4.78 is 0. The second-order valence-electron chi connectivity index (χ2n) is 5.67. The van der Waals surface area contributed by atoms with Crippen LogP contribution in [0.25, 0.3) is 0 Å². The van der Waals surface area contributed by atoms with Gasteiger partial charge in [0.15, 0.2) is 0 Å². The van der Waals surface area contributed by atoms with Gasteiger partial charge in [-0.1, -0.05) is 38.1 Å². The van der Waals surface area contributed by atoms with E-state index in [0.29, 0.717) is 18.5 Å². The first-order valence-electron chi connectivity index (χ1n) is 7.93. The summed E-state index contributed by atoms with van der Waals surface area (Å²) in [6.45, 7) is 3.95. The normalized spacial score (nSPS) is 13.3. The monoisotopic (exact) mass is 322 g/mol. The molecule has 2 aromatic carbocycles. The van der Waals surface area contributed by atoms with Crippen LogP contribution in [0.3, 0.4) is 0 Å². The molecule has 5 heteroatoms. The molecule has 3 rings (SSSR count). The van der Waals surface area contributed by atoms with E-state index in [0.717, 1.165) is 11.1 Å². The van der Waals surface area contributed by atoms with Crippen LogP contribution in [0.15, 0.2) is 36.4 Å². The number of rotatable bonds is 4. The molecule has 5 nitrogen and oxygen atoms in total. The van der Waals surface area contributed by atoms with Crippen molar-refractivity contribution < 1.29 is 14.4 Å². The molecule has 24 heavy (non-hydrogen) atoms. The molecule has 0 atom stereocenters. The molecule has 0 aliphatic carbocycles. The maximum Gasteiger partial charge on any atom is 0.266 e. The van der Waals surface area contributed by atoms with Crippen molar-refractivity contribution in [3.8, 4) is 0 Å². The number of nitrogens with two attached hydrogens (primary N) is 1. The first kappa shape index (κ1) is 15.9. The number of carbonyl (C=O) groups is 3. The van der Waals surface area contributed by atoms with Gasteiger partial charge in [-0.2, -0.15) is 0 Å². The van der Waals surface area contributed by atoms with E-state index in [2.05, 4.69) is 0 Å². The van der Waals surface area contributed by atoms with Gasteiger partial charge in [0.2, 0.25) is 5.91 Å². The molecule has 0 spiro atoms. The van der Waals surface area contributed by atoms with E-state index in [-0.39, 0.29) is 16.7 Å². The Hall–Kier alpha value is -2.95. The highest BCUT2D eigenvalue weighted by molar-refractivity contribution is 6.36. The van der Waals surface area contributed by atoms with Gasteiger partial charge in [-0.25, -0.2) is 4.90 Å². The highest BCUT2D eigenvalue weighted by Gasteiger charge is 2.40. The van der Waals surface area contributed by atoms with Crippen molar-refractivity contribution in [3.05, 3.63) is 64.2 Å². The lowest BCUT2D eigenvalue weighted by molar-refractivity contribution is 0.0918. The van der Waals surface area contributed by atoms with E-state index in [1.54, 1.807) is 12.1 Å². The summed E-state index contributed by atoms with van der Waals surface area (Å²) in [5, 5.41) is 0. The lowest BCUT2D eigenvalue weighted by Gasteiger charge is -2.21. The number of anilines is 1. The van der Waals surface area contributed by atoms with E-state index >= 15 is 0 Å². The van der Waals surface area contributed by atoms with Crippen LogP contribution < -0.4 is 10.6 Å². The molecule has 1 aliphatic heterocycles. The van der Waals surface area contributed by atoms with Gasteiger partial charge in [-0.05, 0) is 36.1 Å². The third-order valence-corrected chi connectivity index (χ3v) is 4.37. The van der Waals surface area contributed by atoms with Crippen molar-refractivity contribution in [3.63, 3.8) is 0 Å². The number of amides is 3. The van der Waals surface area contributed by atoms with Crippen molar-refractivity contribution in [2.45, 2.75) is 26.7 Å². The summed E-state index contributed by atoms with van der Waals surface area (Å²) >= 11 is 0. The van der Waals surface area contributed by atoms with Gasteiger partial charge in [0.05, 0.1) is 22.4 Å². The van der Waals surface area contributed by atoms with Gasteiger partial charge in [0, 0.05) is 0 Å². The molecule has 0 unspecified atom stereocenters. The van der Waals surface area contributed by atoms with Gasteiger partial charge in [-0.15, -0.1) is 0 Å². The fourth-order valence-electron chi connectivity index (χ4n) is 3.20. The van der Waals surface area contributed by atoms with Crippen LogP contribution in [-0.2, 0) is 12.8 Å². The molecule has 122 valence electrons. The number of aryl methyl sites for hydroxylation is 2. The standard InChI is InChI=1S/C19H18N2O3/c1-3-11-7-5-8-12(4-2)16(11)21-18(23)14-10-6-9-13(17(20)22)15(14)19(21)24/h5-10H,3-4H2,1-2H3,(H2,20,22). The molecule has 0 saturated carbocycles. The first-order chi connectivity index (χ1) is 11.5. The summed E-state index contributed by atoms with van der Waals surface area (Å²) in [7, 11) is 0. The minimum Gasteiger partial charge on any atom is -0.366 e. The van der Waals surface area contributed by atoms with Crippen molar-refractivity contribution in [1.29, 1.82) is 0 Å². The number of hydrogen-bond acceptors (Lipinski definition) is 3. The number of hydrogen-bond donors (Lipinski definition) is 1. The lowest BCUT2D eigenvalue weighted by atomic mass is 10.0. The predicted molar refractivity (Wildman–Crippen MR) is 91.3 cm³/mol. The van der Waals surface area contributed by atoms with Gasteiger partial charge >= 0.3 is 0 Å². The molecule has 1 heterocycles. The molecule has 2 aromatic rings. The Kier molecular flexibility index (Phi) is 3.93. The van der Waals surface area contributed by atoms with Crippen LogP contribution in [0.2, 0.25) is 0 Å². The van der Waals surface area contributed by atoms with E-state index in [1.165, 1.54) is 11.0 Å². The molecule has 0 bridgehead atoms. The van der Waals surface area contributed by atoms with Gasteiger partial charge in [-0.3, -0.25) is 14.4 Å². The van der Waals surface area contributed by atoms with Gasteiger partial charge < -0.3 is 5.73 Å². The second-order valence-corrected chi connectivity index (χ2v) is 5.67. The molecule has 0 fully saturated rings. The maximum absolute atomic E-state index is 13.0. The van der Waals surface area contributed by atoms with Crippen LogP contribution in [0, 0.1) is 0 Å².